The summed E-state index contributed by atoms with van der Waals surface area (Å²) >= 11 is 12.1. The number of piperidine rings is 1. The molecule has 204 valence electrons. The number of carbonyl (C=O) groups excluding carboxylic acids is 3. The molecule has 3 aromatic carbocycles. The quantitative estimate of drug-likeness (QED) is 0.432. The summed E-state index contributed by atoms with van der Waals surface area (Å²) in [4.78, 5) is 39.8. The number of hydrogen-bond donors (Lipinski definition) is 2. The van der Waals surface area contributed by atoms with Gasteiger partial charge in [0, 0.05) is 23.7 Å². The normalized spacial score (nSPS) is 14.1. The lowest BCUT2D eigenvalue weighted by molar-refractivity contribution is -0.132. The van der Waals surface area contributed by atoms with E-state index in [0.717, 1.165) is 0 Å². The SMILES string of the molecule is O=C(NCC(=O)N1CCC(O)CC1)c1ccc(S(=O)(=O)N(C(=O)c2ccc(Cl)cc2Cl)c2ccccc2)cc1. The van der Waals surface area contributed by atoms with Crippen LogP contribution in [0.5, 0.6) is 0 Å². The molecule has 1 aliphatic rings. The Bertz CT molecular complexity index is 1480. The number of para-hydroxylation sites is 1. The molecule has 0 aromatic heterocycles. The highest BCUT2D eigenvalue weighted by Crippen LogP contribution is 2.29. The van der Waals surface area contributed by atoms with Gasteiger partial charge in [0.05, 0.1) is 33.8 Å². The second-order valence-corrected chi connectivity index (χ2v) is 11.5. The van der Waals surface area contributed by atoms with E-state index in [1.807, 2.05) is 0 Å². The van der Waals surface area contributed by atoms with Gasteiger partial charge in [0.25, 0.3) is 21.8 Å². The smallest absolute Gasteiger partial charge is 0.273 e. The van der Waals surface area contributed by atoms with Crippen molar-refractivity contribution < 1.29 is 27.9 Å². The highest BCUT2D eigenvalue weighted by atomic mass is 35.5. The van der Waals surface area contributed by atoms with Crippen molar-refractivity contribution in [1.29, 1.82) is 0 Å². The van der Waals surface area contributed by atoms with Crippen LogP contribution in [0.1, 0.15) is 33.6 Å². The van der Waals surface area contributed by atoms with Crippen molar-refractivity contribution >= 4 is 56.6 Å². The first-order chi connectivity index (χ1) is 18.6. The van der Waals surface area contributed by atoms with Crippen molar-refractivity contribution in [2.75, 3.05) is 23.9 Å². The van der Waals surface area contributed by atoms with Crippen molar-refractivity contribution in [3.8, 4) is 0 Å². The third-order valence-electron chi connectivity index (χ3n) is 6.21. The van der Waals surface area contributed by atoms with Gasteiger partial charge in [0.15, 0.2) is 0 Å². The van der Waals surface area contributed by atoms with E-state index in [0.29, 0.717) is 30.2 Å². The van der Waals surface area contributed by atoms with Crippen LogP contribution in [-0.4, -0.2) is 61.9 Å². The van der Waals surface area contributed by atoms with Gasteiger partial charge in [-0.1, -0.05) is 41.4 Å². The zero-order valence-electron chi connectivity index (χ0n) is 20.6. The molecule has 0 bridgehead atoms. The molecule has 1 aliphatic heterocycles. The van der Waals surface area contributed by atoms with E-state index in [4.69, 9.17) is 23.2 Å². The molecular formula is C27H25Cl2N3O6S. The number of rotatable bonds is 7. The molecule has 1 heterocycles. The van der Waals surface area contributed by atoms with E-state index in [1.54, 1.807) is 23.1 Å². The predicted octanol–water partition coefficient (Wildman–Crippen LogP) is 3.74. The number of anilines is 1. The van der Waals surface area contributed by atoms with Crippen LogP contribution in [0.25, 0.3) is 0 Å². The van der Waals surface area contributed by atoms with Gasteiger partial charge in [-0.15, -0.1) is 0 Å². The molecule has 12 heteroatoms. The second-order valence-electron chi connectivity index (χ2n) is 8.85. The topological polar surface area (TPSA) is 124 Å². The highest BCUT2D eigenvalue weighted by molar-refractivity contribution is 7.93. The fourth-order valence-electron chi connectivity index (χ4n) is 4.07. The Balaban J connectivity index is 1.54. The largest absolute Gasteiger partial charge is 0.393 e. The van der Waals surface area contributed by atoms with Crippen molar-refractivity contribution in [3.63, 3.8) is 0 Å². The number of aliphatic hydroxyl groups is 1. The molecule has 1 fully saturated rings. The van der Waals surface area contributed by atoms with Crippen LogP contribution in [0.15, 0.2) is 77.7 Å². The molecule has 2 N–H and O–H groups in total. The summed E-state index contributed by atoms with van der Waals surface area (Å²) in [5.74, 6) is -1.71. The lowest BCUT2D eigenvalue weighted by atomic mass is 10.1. The van der Waals surface area contributed by atoms with E-state index in [2.05, 4.69) is 5.32 Å². The van der Waals surface area contributed by atoms with Gasteiger partial charge in [-0.25, -0.2) is 8.42 Å². The number of nitrogens with zero attached hydrogens (tertiary/aromatic N) is 2. The summed E-state index contributed by atoms with van der Waals surface area (Å²) in [5.41, 5.74) is 0.172. The fraction of sp³-hybridized carbons (Fsp3) is 0.222. The lowest BCUT2D eigenvalue weighted by Gasteiger charge is -2.29. The van der Waals surface area contributed by atoms with Crippen LogP contribution in [0, 0.1) is 0 Å². The number of hydrogen-bond acceptors (Lipinski definition) is 6. The minimum Gasteiger partial charge on any atom is -0.393 e. The first-order valence-corrected chi connectivity index (χ1v) is 14.2. The number of amides is 3. The van der Waals surface area contributed by atoms with Crippen LogP contribution in [0.2, 0.25) is 10.0 Å². The zero-order chi connectivity index (χ0) is 28.2. The van der Waals surface area contributed by atoms with Crippen LogP contribution in [0.4, 0.5) is 5.69 Å². The second kappa shape index (κ2) is 12.2. The predicted molar refractivity (Wildman–Crippen MR) is 147 cm³/mol. The Labute approximate surface area is 236 Å². The lowest BCUT2D eigenvalue weighted by Crippen LogP contribution is -2.45. The molecule has 1 saturated heterocycles. The number of sulfonamides is 1. The molecular weight excluding hydrogens is 565 g/mol. The summed E-state index contributed by atoms with van der Waals surface area (Å²) in [5, 5.41) is 12.4. The van der Waals surface area contributed by atoms with E-state index >= 15 is 0 Å². The molecule has 0 aliphatic carbocycles. The maximum Gasteiger partial charge on any atom is 0.273 e. The average Bonchev–Trinajstić information content (AvgIpc) is 2.92. The molecule has 39 heavy (non-hydrogen) atoms. The van der Waals surface area contributed by atoms with Gasteiger partial charge in [0.1, 0.15) is 0 Å². The van der Waals surface area contributed by atoms with Crippen molar-refractivity contribution in [2.45, 2.75) is 23.8 Å². The van der Waals surface area contributed by atoms with Gasteiger partial charge >= 0.3 is 0 Å². The van der Waals surface area contributed by atoms with Crippen LogP contribution >= 0.6 is 23.2 Å². The number of likely N-dealkylation sites (tertiary alicyclic amines) is 1. The molecule has 0 radical (unpaired) electrons. The molecule has 9 nitrogen and oxygen atoms in total. The van der Waals surface area contributed by atoms with E-state index in [1.165, 1.54) is 54.6 Å². The Morgan fingerprint density at radius 2 is 1.59 bits per heavy atom. The van der Waals surface area contributed by atoms with Gasteiger partial charge in [-0.3, -0.25) is 14.4 Å². The highest BCUT2D eigenvalue weighted by Gasteiger charge is 2.33. The summed E-state index contributed by atoms with van der Waals surface area (Å²) in [6, 6.07) is 17.0. The number of carbonyl (C=O) groups is 3. The standard InChI is InChI=1S/C27H25Cl2N3O6S/c28-19-8-11-23(24(29)16-19)27(36)32(20-4-2-1-3-5-20)39(37,38)22-9-6-18(7-10-22)26(35)30-17-25(34)31-14-12-21(33)13-15-31/h1-11,16,21,33H,12-15,17H2,(H,30,35). The molecule has 3 amide bonds. The van der Waals surface area contributed by atoms with Crippen molar-refractivity contribution in [2.24, 2.45) is 0 Å². The summed E-state index contributed by atoms with van der Waals surface area (Å²) in [6.45, 7) is 0.605. The summed E-state index contributed by atoms with van der Waals surface area (Å²) in [7, 11) is -4.44. The Morgan fingerprint density at radius 3 is 2.21 bits per heavy atom. The fourth-order valence-corrected chi connectivity index (χ4v) is 5.97. The number of aliphatic hydroxyl groups excluding tert-OH is 1. The Hall–Kier alpha value is -3.44. The number of nitrogens with one attached hydrogen (secondary N) is 1. The minimum absolute atomic E-state index is 0.00840. The van der Waals surface area contributed by atoms with E-state index < -0.39 is 27.9 Å². The molecule has 3 aromatic rings. The first kappa shape index (κ1) is 28.6. The number of halogens is 2. The van der Waals surface area contributed by atoms with Crippen LogP contribution in [0.3, 0.4) is 0 Å². The molecule has 0 saturated carbocycles. The third-order valence-corrected chi connectivity index (χ3v) is 8.48. The molecule has 4 rings (SSSR count). The summed E-state index contributed by atoms with van der Waals surface area (Å²) < 4.78 is 28.0. The van der Waals surface area contributed by atoms with Gasteiger partial charge < -0.3 is 15.3 Å². The van der Waals surface area contributed by atoms with E-state index in [9.17, 15) is 27.9 Å². The first-order valence-electron chi connectivity index (χ1n) is 12.0. The van der Waals surface area contributed by atoms with Crippen molar-refractivity contribution in [1.82, 2.24) is 10.2 Å². The third kappa shape index (κ3) is 6.59. The van der Waals surface area contributed by atoms with Gasteiger partial charge in [0.2, 0.25) is 5.91 Å². The molecule has 0 unspecified atom stereocenters. The Morgan fingerprint density at radius 1 is 0.949 bits per heavy atom. The van der Waals surface area contributed by atoms with Crippen LogP contribution < -0.4 is 9.62 Å². The molecule has 0 atom stereocenters. The summed E-state index contributed by atoms with van der Waals surface area (Å²) in [6.07, 6.45) is 0.555. The maximum atomic E-state index is 13.7. The van der Waals surface area contributed by atoms with Crippen LogP contribution in [-0.2, 0) is 14.8 Å². The zero-order valence-corrected chi connectivity index (χ0v) is 22.9. The molecule has 0 spiro atoms. The Kier molecular flexibility index (Phi) is 8.91. The van der Waals surface area contributed by atoms with E-state index in [-0.39, 0.29) is 44.2 Å². The van der Waals surface area contributed by atoms with Gasteiger partial charge in [-0.05, 0) is 67.4 Å². The van der Waals surface area contributed by atoms with Gasteiger partial charge in [-0.2, -0.15) is 4.31 Å². The minimum atomic E-state index is -4.44. The maximum absolute atomic E-state index is 13.7. The monoisotopic (exact) mass is 589 g/mol. The van der Waals surface area contributed by atoms with Crippen molar-refractivity contribution in [3.05, 3.63) is 94.0 Å². The number of benzene rings is 3. The average molecular weight is 590 g/mol.